The van der Waals surface area contributed by atoms with Crippen molar-refractivity contribution in [1.82, 2.24) is 20.1 Å². The van der Waals surface area contributed by atoms with Crippen LogP contribution in [-0.4, -0.2) is 79.0 Å². The molecule has 0 saturated carbocycles. The quantitative estimate of drug-likeness (QED) is 0.674. The van der Waals surface area contributed by atoms with Crippen LogP contribution in [0, 0.1) is 11.3 Å². The Morgan fingerprint density at radius 3 is 2.58 bits per heavy atom. The van der Waals surface area contributed by atoms with Crippen LogP contribution >= 0.6 is 0 Å². The largest absolute Gasteiger partial charge is 0.356 e. The molecule has 172 valence electrons. The predicted octanol–water partition coefficient (Wildman–Crippen LogP) is 2.38. The third-order valence-electron chi connectivity index (χ3n) is 6.27. The van der Waals surface area contributed by atoms with Crippen molar-refractivity contribution in [2.75, 3.05) is 57.3 Å². The Labute approximate surface area is 187 Å². The van der Waals surface area contributed by atoms with E-state index in [0.29, 0.717) is 25.3 Å². The molecule has 2 fully saturated rings. The number of anilines is 1. The summed E-state index contributed by atoms with van der Waals surface area (Å²) in [4.78, 5) is 36.0. The van der Waals surface area contributed by atoms with Gasteiger partial charge in [0.05, 0.1) is 0 Å². The predicted molar refractivity (Wildman–Crippen MR) is 124 cm³/mol. The minimum Gasteiger partial charge on any atom is -0.356 e. The van der Waals surface area contributed by atoms with Crippen LogP contribution in [0.15, 0.2) is 24.4 Å². The van der Waals surface area contributed by atoms with E-state index in [-0.39, 0.29) is 17.2 Å². The third kappa shape index (κ3) is 7.20. The number of aromatic nitrogens is 1. The highest BCUT2D eigenvalue weighted by Crippen LogP contribution is 2.20. The maximum atomic E-state index is 12.7. The van der Waals surface area contributed by atoms with E-state index in [9.17, 15) is 9.59 Å². The van der Waals surface area contributed by atoms with Gasteiger partial charge in [0.15, 0.2) is 0 Å². The molecule has 2 amide bonds. The number of carbonyl (C=O) groups excluding carboxylic acids is 2. The maximum Gasteiger partial charge on any atom is 0.225 e. The van der Waals surface area contributed by atoms with Gasteiger partial charge in [-0.1, -0.05) is 26.8 Å². The number of nitrogens with zero attached hydrogens (tertiary/aromatic N) is 4. The zero-order chi connectivity index (χ0) is 22.3. The zero-order valence-electron chi connectivity index (χ0n) is 19.5. The monoisotopic (exact) mass is 429 g/mol. The first-order valence-electron chi connectivity index (χ1n) is 11.8. The highest BCUT2D eigenvalue weighted by atomic mass is 16.2. The fourth-order valence-corrected chi connectivity index (χ4v) is 4.37. The summed E-state index contributed by atoms with van der Waals surface area (Å²) in [6.45, 7) is 13.2. The molecule has 2 aliphatic heterocycles. The second-order valence-electron chi connectivity index (χ2n) is 9.93. The standard InChI is InChI=1S/C24H39N5O2/c1-24(2,3)23(31)26-12-6-10-22(30)29-13-7-8-20(19-29)18-27-14-16-28(17-15-27)21-9-4-5-11-25-21/h4-5,9,11,20H,6-8,10,12-19H2,1-3H3,(H,26,31). The van der Waals surface area contributed by atoms with Gasteiger partial charge in [0.1, 0.15) is 5.82 Å². The van der Waals surface area contributed by atoms with Crippen LogP contribution in [0.2, 0.25) is 0 Å². The minimum atomic E-state index is -0.382. The third-order valence-corrected chi connectivity index (χ3v) is 6.27. The molecular formula is C24H39N5O2. The average molecular weight is 430 g/mol. The first-order valence-corrected chi connectivity index (χ1v) is 11.8. The molecule has 1 atom stereocenters. The molecule has 0 bridgehead atoms. The SMILES string of the molecule is CC(C)(C)C(=O)NCCCC(=O)N1CCCC(CN2CCN(c3ccccn3)CC2)C1. The molecule has 0 spiro atoms. The molecule has 2 aliphatic rings. The van der Waals surface area contributed by atoms with Gasteiger partial charge in [0.25, 0.3) is 0 Å². The Morgan fingerprint density at radius 2 is 1.90 bits per heavy atom. The van der Waals surface area contributed by atoms with E-state index in [1.54, 1.807) is 0 Å². The van der Waals surface area contributed by atoms with Gasteiger partial charge in [-0.25, -0.2) is 4.98 Å². The Morgan fingerprint density at radius 1 is 1.13 bits per heavy atom. The van der Waals surface area contributed by atoms with Gasteiger partial charge in [0.2, 0.25) is 11.8 Å². The van der Waals surface area contributed by atoms with Crippen LogP contribution in [0.1, 0.15) is 46.5 Å². The number of carbonyl (C=O) groups is 2. The summed E-state index contributed by atoms with van der Waals surface area (Å²) in [6, 6.07) is 6.08. The molecule has 3 heterocycles. The minimum absolute atomic E-state index is 0.0427. The second-order valence-corrected chi connectivity index (χ2v) is 9.93. The van der Waals surface area contributed by atoms with Gasteiger partial charge in [-0.05, 0) is 37.3 Å². The van der Waals surface area contributed by atoms with E-state index in [4.69, 9.17) is 0 Å². The molecule has 2 saturated heterocycles. The van der Waals surface area contributed by atoms with Crippen LogP contribution in [-0.2, 0) is 9.59 Å². The lowest BCUT2D eigenvalue weighted by molar-refractivity contribution is -0.133. The number of rotatable bonds is 7. The topological polar surface area (TPSA) is 68.8 Å². The van der Waals surface area contributed by atoms with Crippen molar-refractivity contribution < 1.29 is 9.59 Å². The highest BCUT2D eigenvalue weighted by molar-refractivity contribution is 5.81. The number of piperidine rings is 1. The van der Waals surface area contributed by atoms with Crippen LogP contribution in [0.4, 0.5) is 5.82 Å². The van der Waals surface area contributed by atoms with Gasteiger partial charge in [-0.2, -0.15) is 0 Å². The van der Waals surface area contributed by atoms with E-state index in [1.165, 1.54) is 6.42 Å². The van der Waals surface area contributed by atoms with Crippen LogP contribution < -0.4 is 10.2 Å². The Bertz CT molecular complexity index is 710. The van der Waals surface area contributed by atoms with Crippen LogP contribution in [0.25, 0.3) is 0 Å². The van der Waals surface area contributed by atoms with Gasteiger partial charge in [0, 0.05) is 70.4 Å². The summed E-state index contributed by atoms with van der Waals surface area (Å²) in [7, 11) is 0. The van der Waals surface area contributed by atoms with Gasteiger partial charge >= 0.3 is 0 Å². The number of hydrogen-bond acceptors (Lipinski definition) is 5. The van der Waals surface area contributed by atoms with E-state index in [2.05, 4.69) is 26.2 Å². The van der Waals surface area contributed by atoms with Crippen molar-refractivity contribution in [3.63, 3.8) is 0 Å². The van der Waals surface area contributed by atoms with Crippen molar-refractivity contribution in [3.8, 4) is 0 Å². The molecule has 7 nitrogen and oxygen atoms in total. The molecule has 1 aromatic rings. The van der Waals surface area contributed by atoms with E-state index in [0.717, 1.165) is 58.1 Å². The summed E-state index contributed by atoms with van der Waals surface area (Å²) >= 11 is 0. The van der Waals surface area contributed by atoms with Gasteiger partial charge < -0.3 is 15.1 Å². The normalized spacial score (nSPS) is 20.5. The van der Waals surface area contributed by atoms with Crippen molar-refractivity contribution in [3.05, 3.63) is 24.4 Å². The fourth-order valence-electron chi connectivity index (χ4n) is 4.37. The van der Waals surface area contributed by atoms with Crippen molar-refractivity contribution in [2.45, 2.75) is 46.5 Å². The van der Waals surface area contributed by atoms with Crippen molar-refractivity contribution in [2.24, 2.45) is 11.3 Å². The summed E-state index contributed by atoms with van der Waals surface area (Å²) in [5.41, 5.74) is -0.382. The van der Waals surface area contributed by atoms with E-state index in [1.807, 2.05) is 44.0 Å². The van der Waals surface area contributed by atoms with E-state index < -0.39 is 0 Å². The van der Waals surface area contributed by atoms with Gasteiger partial charge in [-0.15, -0.1) is 0 Å². The molecule has 7 heteroatoms. The molecule has 3 rings (SSSR count). The average Bonchev–Trinajstić information content (AvgIpc) is 2.77. The first-order chi connectivity index (χ1) is 14.8. The summed E-state index contributed by atoms with van der Waals surface area (Å²) in [5.74, 6) is 1.89. The molecule has 0 aromatic carbocycles. The number of likely N-dealkylation sites (tertiary alicyclic amines) is 1. The number of pyridine rings is 1. The maximum absolute atomic E-state index is 12.7. The molecule has 1 N–H and O–H groups in total. The lowest BCUT2D eigenvalue weighted by Crippen LogP contribution is -2.50. The summed E-state index contributed by atoms with van der Waals surface area (Å²) in [5, 5.41) is 2.93. The first kappa shape index (κ1) is 23.5. The van der Waals surface area contributed by atoms with E-state index >= 15 is 0 Å². The van der Waals surface area contributed by atoms with Crippen LogP contribution in [0.5, 0.6) is 0 Å². The van der Waals surface area contributed by atoms with Crippen molar-refractivity contribution >= 4 is 17.6 Å². The smallest absolute Gasteiger partial charge is 0.225 e. The number of hydrogen-bond donors (Lipinski definition) is 1. The van der Waals surface area contributed by atoms with Crippen molar-refractivity contribution in [1.29, 1.82) is 0 Å². The lowest BCUT2D eigenvalue weighted by atomic mass is 9.95. The Kier molecular flexibility index (Phi) is 8.29. The zero-order valence-corrected chi connectivity index (χ0v) is 19.5. The van der Waals surface area contributed by atoms with Crippen LogP contribution in [0.3, 0.4) is 0 Å². The van der Waals surface area contributed by atoms with Gasteiger partial charge in [-0.3, -0.25) is 14.5 Å². The molecule has 1 aromatic heterocycles. The molecule has 0 radical (unpaired) electrons. The lowest BCUT2D eigenvalue weighted by Gasteiger charge is -2.39. The number of nitrogens with one attached hydrogen (secondary N) is 1. The fraction of sp³-hybridized carbons (Fsp3) is 0.708. The Balaban J connectivity index is 1.35. The second kappa shape index (κ2) is 10.9. The molecule has 0 aliphatic carbocycles. The summed E-state index contributed by atoms with van der Waals surface area (Å²) < 4.78 is 0. The molecule has 31 heavy (non-hydrogen) atoms. The molecular weight excluding hydrogens is 390 g/mol. The molecule has 1 unspecified atom stereocenters. The summed E-state index contributed by atoms with van der Waals surface area (Å²) in [6.07, 6.45) is 5.36. The Hall–Kier alpha value is -2.15. The highest BCUT2D eigenvalue weighted by Gasteiger charge is 2.27. The number of amides is 2. The number of piperazine rings is 1.